The molecular formula is C17H32N4. The maximum atomic E-state index is 4.12. The Morgan fingerprint density at radius 3 is 2.67 bits per heavy atom. The van der Waals surface area contributed by atoms with Gasteiger partial charge in [-0.25, -0.2) is 4.98 Å². The number of aromatic nitrogens is 2. The third-order valence-electron chi connectivity index (χ3n) is 4.53. The lowest BCUT2D eigenvalue weighted by Gasteiger charge is -2.42. The molecule has 2 heterocycles. The number of aryl methyl sites for hydroxylation is 1. The molecule has 21 heavy (non-hydrogen) atoms. The van der Waals surface area contributed by atoms with Gasteiger partial charge >= 0.3 is 0 Å². The van der Waals surface area contributed by atoms with Gasteiger partial charge in [0.15, 0.2) is 0 Å². The van der Waals surface area contributed by atoms with Crippen molar-refractivity contribution in [2.24, 2.45) is 11.8 Å². The highest BCUT2D eigenvalue weighted by molar-refractivity contribution is 4.88. The SMILES string of the molecule is CC(C)CC1CNC(C(C)C)CN1CCCn1ccnc1. The van der Waals surface area contributed by atoms with Crippen molar-refractivity contribution in [1.82, 2.24) is 19.8 Å². The van der Waals surface area contributed by atoms with E-state index in [1.54, 1.807) is 0 Å². The van der Waals surface area contributed by atoms with Crippen LogP contribution in [0.4, 0.5) is 0 Å². The second-order valence-electron chi connectivity index (χ2n) is 7.19. The molecule has 2 atom stereocenters. The third-order valence-corrected chi connectivity index (χ3v) is 4.53. The van der Waals surface area contributed by atoms with Gasteiger partial charge in [0.1, 0.15) is 0 Å². The molecule has 120 valence electrons. The highest BCUT2D eigenvalue weighted by Gasteiger charge is 2.29. The molecule has 0 aromatic carbocycles. The molecule has 1 aromatic heterocycles. The number of hydrogen-bond donors (Lipinski definition) is 1. The Morgan fingerprint density at radius 2 is 2.05 bits per heavy atom. The Morgan fingerprint density at radius 1 is 1.24 bits per heavy atom. The minimum atomic E-state index is 0.640. The van der Waals surface area contributed by atoms with E-state index in [-0.39, 0.29) is 0 Å². The first-order valence-electron chi connectivity index (χ1n) is 8.49. The molecule has 1 aromatic rings. The first-order chi connectivity index (χ1) is 10.1. The van der Waals surface area contributed by atoms with E-state index in [9.17, 15) is 0 Å². The molecule has 1 aliphatic rings. The summed E-state index contributed by atoms with van der Waals surface area (Å²) >= 11 is 0. The maximum absolute atomic E-state index is 4.12. The Bertz CT molecular complexity index is 386. The van der Waals surface area contributed by atoms with Crippen molar-refractivity contribution in [2.45, 2.75) is 59.2 Å². The predicted molar refractivity (Wildman–Crippen MR) is 88.3 cm³/mol. The molecule has 1 N–H and O–H groups in total. The van der Waals surface area contributed by atoms with Crippen molar-refractivity contribution in [3.63, 3.8) is 0 Å². The summed E-state index contributed by atoms with van der Waals surface area (Å²) in [6.45, 7) is 13.9. The first kappa shape index (κ1) is 16.5. The van der Waals surface area contributed by atoms with Gasteiger partial charge in [-0.05, 0) is 24.7 Å². The zero-order valence-corrected chi connectivity index (χ0v) is 14.1. The molecule has 4 heteroatoms. The van der Waals surface area contributed by atoms with Crippen molar-refractivity contribution in [1.29, 1.82) is 0 Å². The second kappa shape index (κ2) is 7.95. The molecule has 2 unspecified atom stereocenters. The molecule has 1 aliphatic heterocycles. The lowest BCUT2D eigenvalue weighted by Crippen LogP contribution is -2.58. The average molecular weight is 292 g/mol. The summed E-state index contributed by atoms with van der Waals surface area (Å²) in [6.07, 6.45) is 8.33. The Hall–Kier alpha value is -0.870. The number of imidazole rings is 1. The van der Waals surface area contributed by atoms with Crippen molar-refractivity contribution in [3.8, 4) is 0 Å². The van der Waals surface area contributed by atoms with Crippen molar-refractivity contribution >= 4 is 0 Å². The van der Waals surface area contributed by atoms with E-state index in [1.165, 1.54) is 25.9 Å². The van der Waals surface area contributed by atoms with E-state index in [2.05, 4.69) is 53.7 Å². The topological polar surface area (TPSA) is 33.1 Å². The van der Waals surface area contributed by atoms with Gasteiger partial charge in [-0.3, -0.25) is 4.90 Å². The molecule has 0 spiro atoms. The zero-order chi connectivity index (χ0) is 15.2. The highest BCUT2D eigenvalue weighted by Crippen LogP contribution is 2.18. The fourth-order valence-corrected chi connectivity index (χ4v) is 3.26. The van der Waals surface area contributed by atoms with Crippen LogP contribution in [0.2, 0.25) is 0 Å². The summed E-state index contributed by atoms with van der Waals surface area (Å²) in [6, 6.07) is 1.34. The van der Waals surface area contributed by atoms with E-state index in [1.807, 2.05) is 12.5 Å². The van der Waals surface area contributed by atoms with Gasteiger partial charge in [0.2, 0.25) is 0 Å². The van der Waals surface area contributed by atoms with Crippen LogP contribution in [0.1, 0.15) is 40.5 Å². The van der Waals surface area contributed by atoms with Crippen molar-refractivity contribution in [2.75, 3.05) is 19.6 Å². The predicted octanol–water partition coefficient (Wildman–Crippen LogP) is 2.62. The van der Waals surface area contributed by atoms with Crippen LogP contribution in [0.15, 0.2) is 18.7 Å². The fraction of sp³-hybridized carbons (Fsp3) is 0.824. The van der Waals surface area contributed by atoms with Crippen LogP contribution in [0.25, 0.3) is 0 Å². The molecule has 0 amide bonds. The van der Waals surface area contributed by atoms with Gasteiger partial charge in [-0.1, -0.05) is 27.7 Å². The monoisotopic (exact) mass is 292 g/mol. The summed E-state index contributed by atoms with van der Waals surface area (Å²) < 4.78 is 2.18. The average Bonchev–Trinajstić information content (AvgIpc) is 2.93. The van der Waals surface area contributed by atoms with Crippen LogP contribution >= 0.6 is 0 Å². The Balaban J connectivity index is 1.86. The summed E-state index contributed by atoms with van der Waals surface area (Å²) in [5.41, 5.74) is 0. The minimum absolute atomic E-state index is 0.640. The van der Waals surface area contributed by atoms with Crippen molar-refractivity contribution in [3.05, 3.63) is 18.7 Å². The van der Waals surface area contributed by atoms with Crippen LogP contribution in [-0.4, -0.2) is 46.2 Å². The molecule has 0 bridgehead atoms. The molecule has 2 rings (SSSR count). The minimum Gasteiger partial charge on any atom is -0.337 e. The van der Waals surface area contributed by atoms with Crippen molar-refractivity contribution < 1.29 is 0 Å². The van der Waals surface area contributed by atoms with Gasteiger partial charge in [-0.15, -0.1) is 0 Å². The quantitative estimate of drug-likeness (QED) is 0.838. The smallest absolute Gasteiger partial charge is 0.0945 e. The maximum Gasteiger partial charge on any atom is 0.0945 e. The molecule has 0 aliphatic carbocycles. The largest absolute Gasteiger partial charge is 0.337 e. The van der Waals surface area contributed by atoms with Gasteiger partial charge < -0.3 is 9.88 Å². The van der Waals surface area contributed by atoms with Gasteiger partial charge in [0, 0.05) is 50.7 Å². The molecule has 0 saturated carbocycles. The van der Waals surface area contributed by atoms with Crippen LogP contribution in [0.3, 0.4) is 0 Å². The van der Waals surface area contributed by atoms with Gasteiger partial charge in [0.25, 0.3) is 0 Å². The highest BCUT2D eigenvalue weighted by atomic mass is 15.2. The van der Waals surface area contributed by atoms with E-state index in [0.29, 0.717) is 18.0 Å². The number of nitrogens with one attached hydrogen (secondary N) is 1. The second-order valence-corrected chi connectivity index (χ2v) is 7.19. The zero-order valence-electron chi connectivity index (χ0n) is 14.1. The Labute approximate surface area is 129 Å². The normalized spacial score (nSPS) is 24.1. The number of hydrogen-bond acceptors (Lipinski definition) is 3. The van der Waals surface area contributed by atoms with Crippen LogP contribution in [0, 0.1) is 11.8 Å². The van der Waals surface area contributed by atoms with Gasteiger partial charge in [-0.2, -0.15) is 0 Å². The van der Waals surface area contributed by atoms with E-state index < -0.39 is 0 Å². The Kier molecular flexibility index (Phi) is 6.24. The molecule has 1 fully saturated rings. The molecular weight excluding hydrogens is 260 g/mol. The summed E-state index contributed by atoms with van der Waals surface area (Å²) in [7, 11) is 0. The van der Waals surface area contributed by atoms with Crippen LogP contribution < -0.4 is 5.32 Å². The summed E-state index contributed by atoms with van der Waals surface area (Å²) in [4.78, 5) is 6.84. The van der Waals surface area contributed by atoms with E-state index in [4.69, 9.17) is 0 Å². The van der Waals surface area contributed by atoms with Crippen LogP contribution in [0.5, 0.6) is 0 Å². The van der Waals surface area contributed by atoms with E-state index in [0.717, 1.165) is 19.0 Å². The number of nitrogens with zero attached hydrogens (tertiary/aromatic N) is 3. The fourth-order valence-electron chi connectivity index (χ4n) is 3.26. The standard InChI is InChI=1S/C17H32N4/c1-14(2)10-16-11-19-17(15(3)4)12-21(16)8-5-7-20-9-6-18-13-20/h6,9,13-17,19H,5,7-8,10-12H2,1-4H3. The van der Waals surface area contributed by atoms with Crippen LogP contribution in [-0.2, 0) is 6.54 Å². The summed E-state index contributed by atoms with van der Waals surface area (Å²) in [5, 5.41) is 3.75. The lowest BCUT2D eigenvalue weighted by atomic mass is 9.95. The number of piperazine rings is 1. The lowest BCUT2D eigenvalue weighted by molar-refractivity contribution is 0.0968. The molecule has 0 radical (unpaired) electrons. The first-order valence-corrected chi connectivity index (χ1v) is 8.49. The molecule has 4 nitrogen and oxygen atoms in total. The molecule has 1 saturated heterocycles. The third kappa shape index (κ3) is 5.11. The summed E-state index contributed by atoms with van der Waals surface area (Å²) in [5.74, 6) is 1.48. The van der Waals surface area contributed by atoms with E-state index >= 15 is 0 Å². The van der Waals surface area contributed by atoms with Gasteiger partial charge in [0.05, 0.1) is 6.33 Å². The number of rotatable bonds is 7.